The van der Waals surface area contributed by atoms with E-state index in [0.29, 0.717) is 36.0 Å². The molecule has 2 aromatic rings. The number of carbonyl (C=O) groups is 2. The van der Waals surface area contributed by atoms with Gasteiger partial charge in [0.25, 0.3) is 5.91 Å². The smallest absolute Gasteiger partial charge is 0.255 e. The molecule has 8 heteroatoms. The number of likely N-dealkylation sites (tertiary alicyclic amines) is 1. The lowest BCUT2D eigenvalue weighted by atomic mass is 10.1. The molecule has 1 saturated heterocycles. The van der Waals surface area contributed by atoms with Gasteiger partial charge >= 0.3 is 0 Å². The SMILES string of the molecule is O=C(NCC(=O)N1CCCC1)c1cn[nH]c1-c1ccc2c(c1)OCCO2. The van der Waals surface area contributed by atoms with E-state index in [9.17, 15) is 9.59 Å². The Kier molecular flexibility index (Phi) is 4.47. The summed E-state index contributed by atoms with van der Waals surface area (Å²) in [7, 11) is 0. The summed E-state index contributed by atoms with van der Waals surface area (Å²) >= 11 is 0. The van der Waals surface area contributed by atoms with E-state index in [-0.39, 0.29) is 18.4 Å². The summed E-state index contributed by atoms with van der Waals surface area (Å²) in [4.78, 5) is 26.4. The summed E-state index contributed by atoms with van der Waals surface area (Å²) in [5.74, 6) is 0.928. The number of hydrogen-bond donors (Lipinski definition) is 2. The Morgan fingerprint density at radius 1 is 1.15 bits per heavy atom. The van der Waals surface area contributed by atoms with Crippen LogP contribution in [0.4, 0.5) is 0 Å². The molecule has 136 valence electrons. The summed E-state index contributed by atoms with van der Waals surface area (Å²) in [6.45, 7) is 2.54. The molecular weight excluding hydrogens is 336 g/mol. The number of hydrogen-bond acceptors (Lipinski definition) is 5. The third-order valence-electron chi connectivity index (χ3n) is 4.57. The van der Waals surface area contributed by atoms with Gasteiger partial charge in [-0.2, -0.15) is 5.10 Å². The Bertz CT molecular complexity index is 826. The molecule has 1 aromatic carbocycles. The molecule has 0 atom stereocenters. The minimum atomic E-state index is -0.337. The molecule has 0 unspecified atom stereocenters. The molecule has 0 aliphatic carbocycles. The van der Waals surface area contributed by atoms with Gasteiger partial charge in [-0.05, 0) is 31.0 Å². The number of benzene rings is 1. The quantitative estimate of drug-likeness (QED) is 0.858. The Morgan fingerprint density at radius 3 is 2.73 bits per heavy atom. The second-order valence-electron chi connectivity index (χ2n) is 6.29. The number of ether oxygens (including phenoxy) is 2. The van der Waals surface area contributed by atoms with Crippen molar-refractivity contribution in [2.24, 2.45) is 0 Å². The van der Waals surface area contributed by atoms with Crippen molar-refractivity contribution in [1.29, 1.82) is 0 Å². The van der Waals surface area contributed by atoms with Crippen LogP contribution in [0.1, 0.15) is 23.2 Å². The average Bonchev–Trinajstić information content (AvgIpc) is 3.37. The van der Waals surface area contributed by atoms with Crippen molar-refractivity contribution in [3.8, 4) is 22.8 Å². The van der Waals surface area contributed by atoms with Crippen LogP contribution in [0, 0.1) is 0 Å². The van der Waals surface area contributed by atoms with E-state index < -0.39 is 0 Å². The van der Waals surface area contributed by atoms with Crippen LogP contribution in [-0.2, 0) is 4.79 Å². The highest BCUT2D eigenvalue weighted by Gasteiger charge is 2.21. The van der Waals surface area contributed by atoms with E-state index in [4.69, 9.17) is 9.47 Å². The largest absolute Gasteiger partial charge is 0.486 e. The number of H-pyrrole nitrogens is 1. The molecule has 2 aliphatic rings. The van der Waals surface area contributed by atoms with Gasteiger partial charge in [-0.25, -0.2) is 0 Å². The average molecular weight is 356 g/mol. The summed E-state index contributed by atoms with van der Waals surface area (Å²) in [6.07, 6.45) is 3.51. The highest BCUT2D eigenvalue weighted by atomic mass is 16.6. The Hall–Kier alpha value is -3.03. The zero-order valence-electron chi connectivity index (χ0n) is 14.3. The van der Waals surface area contributed by atoms with Crippen LogP contribution in [0.5, 0.6) is 11.5 Å². The number of aromatic nitrogens is 2. The third-order valence-corrected chi connectivity index (χ3v) is 4.57. The fourth-order valence-electron chi connectivity index (χ4n) is 3.21. The van der Waals surface area contributed by atoms with Gasteiger partial charge in [0.1, 0.15) is 13.2 Å². The maximum atomic E-state index is 12.5. The standard InChI is InChI=1S/C18H20N4O4/c23-16(22-5-1-2-6-22)11-19-18(24)13-10-20-21-17(13)12-3-4-14-15(9-12)26-8-7-25-14/h3-4,9-10H,1-2,5-8,11H2,(H,19,24)(H,20,21). The summed E-state index contributed by atoms with van der Waals surface area (Å²) < 4.78 is 11.1. The van der Waals surface area contributed by atoms with Crippen LogP contribution < -0.4 is 14.8 Å². The zero-order chi connectivity index (χ0) is 17.9. The Morgan fingerprint density at radius 2 is 1.92 bits per heavy atom. The molecule has 0 saturated carbocycles. The van der Waals surface area contributed by atoms with Crippen LogP contribution in [0.3, 0.4) is 0 Å². The molecule has 26 heavy (non-hydrogen) atoms. The first kappa shape index (κ1) is 16.4. The number of fused-ring (bicyclic) bond motifs is 1. The minimum Gasteiger partial charge on any atom is -0.486 e. The van der Waals surface area contributed by atoms with Gasteiger partial charge in [0.2, 0.25) is 5.91 Å². The molecule has 8 nitrogen and oxygen atoms in total. The fraction of sp³-hybridized carbons (Fsp3) is 0.389. The molecule has 4 rings (SSSR count). The van der Waals surface area contributed by atoms with Crippen LogP contribution in [0.15, 0.2) is 24.4 Å². The summed E-state index contributed by atoms with van der Waals surface area (Å²) in [5, 5.41) is 9.52. The highest BCUT2D eigenvalue weighted by molar-refractivity contribution is 6.01. The predicted octanol–water partition coefficient (Wildman–Crippen LogP) is 1.20. The first-order chi connectivity index (χ1) is 12.7. The molecule has 0 bridgehead atoms. The minimum absolute atomic E-state index is 0.00933. The molecule has 0 spiro atoms. The number of carbonyl (C=O) groups excluding carboxylic acids is 2. The van der Waals surface area contributed by atoms with Gasteiger partial charge in [0, 0.05) is 18.7 Å². The van der Waals surface area contributed by atoms with Gasteiger partial charge in [-0.1, -0.05) is 0 Å². The number of nitrogens with one attached hydrogen (secondary N) is 2. The van der Waals surface area contributed by atoms with Gasteiger partial charge in [0.15, 0.2) is 11.5 Å². The summed E-state index contributed by atoms with van der Waals surface area (Å²) in [5.41, 5.74) is 1.73. The van der Waals surface area contributed by atoms with Crippen molar-refractivity contribution in [3.63, 3.8) is 0 Å². The van der Waals surface area contributed by atoms with Gasteiger partial charge in [-0.15, -0.1) is 0 Å². The van der Waals surface area contributed by atoms with E-state index >= 15 is 0 Å². The van der Waals surface area contributed by atoms with Gasteiger partial charge in [0.05, 0.1) is 24.0 Å². The monoisotopic (exact) mass is 356 g/mol. The first-order valence-electron chi connectivity index (χ1n) is 8.72. The zero-order valence-corrected chi connectivity index (χ0v) is 14.3. The second kappa shape index (κ2) is 7.07. The fourth-order valence-corrected chi connectivity index (χ4v) is 3.21. The number of rotatable bonds is 4. The maximum absolute atomic E-state index is 12.5. The lowest BCUT2D eigenvalue weighted by Gasteiger charge is -2.18. The molecule has 1 fully saturated rings. The number of nitrogens with zero attached hydrogens (tertiary/aromatic N) is 2. The van der Waals surface area contributed by atoms with Crippen molar-refractivity contribution >= 4 is 11.8 Å². The van der Waals surface area contributed by atoms with E-state index in [1.54, 1.807) is 4.90 Å². The number of aromatic amines is 1. The van der Waals surface area contributed by atoms with Crippen molar-refractivity contribution in [1.82, 2.24) is 20.4 Å². The highest BCUT2D eigenvalue weighted by Crippen LogP contribution is 2.34. The topological polar surface area (TPSA) is 96.6 Å². The van der Waals surface area contributed by atoms with Crippen molar-refractivity contribution in [2.45, 2.75) is 12.8 Å². The van der Waals surface area contributed by atoms with Crippen molar-refractivity contribution in [2.75, 3.05) is 32.8 Å². The van der Waals surface area contributed by atoms with Crippen LogP contribution in [0.25, 0.3) is 11.3 Å². The molecule has 2 aliphatic heterocycles. The summed E-state index contributed by atoms with van der Waals surface area (Å²) in [6, 6.07) is 5.46. The third kappa shape index (κ3) is 3.22. The molecule has 2 N–H and O–H groups in total. The first-order valence-corrected chi connectivity index (χ1v) is 8.72. The second-order valence-corrected chi connectivity index (χ2v) is 6.29. The van der Waals surface area contributed by atoms with Crippen LogP contribution in [-0.4, -0.2) is 59.8 Å². The van der Waals surface area contributed by atoms with E-state index in [2.05, 4.69) is 15.5 Å². The molecule has 2 amide bonds. The molecule has 3 heterocycles. The van der Waals surface area contributed by atoms with Crippen molar-refractivity contribution in [3.05, 3.63) is 30.0 Å². The van der Waals surface area contributed by atoms with Gasteiger partial charge < -0.3 is 19.7 Å². The predicted molar refractivity (Wildman–Crippen MR) is 93.2 cm³/mol. The van der Waals surface area contributed by atoms with Crippen LogP contribution in [0.2, 0.25) is 0 Å². The van der Waals surface area contributed by atoms with Crippen LogP contribution >= 0.6 is 0 Å². The Balaban J connectivity index is 1.47. The lowest BCUT2D eigenvalue weighted by molar-refractivity contribution is -0.129. The molecule has 1 aromatic heterocycles. The molecule has 0 radical (unpaired) electrons. The Labute approximate surface area is 150 Å². The normalized spacial score (nSPS) is 15.8. The maximum Gasteiger partial charge on any atom is 0.255 e. The van der Waals surface area contributed by atoms with E-state index in [0.717, 1.165) is 31.5 Å². The number of amides is 2. The van der Waals surface area contributed by atoms with E-state index in [1.165, 1.54) is 6.20 Å². The van der Waals surface area contributed by atoms with Gasteiger partial charge in [-0.3, -0.25) is 14.7 Å². The van der Waals surface area contributed by atoms with Crippen molar-refractivity contribution < 1.29 is 19.1 Å². The van der Waals surface area contributed by atoms with E-state index in [1.807, 2.05) is 18.2 Å². The molecular formula is C18H20N4O4. The lowest BCUT2D eigenvalue weighted by Crippen LogP contribution is -2.38.